The summed E-state index contributed by atoms with van der Waals surface area (Å²) in [4.78, 5) is 82.9. The average molecular weight is 2180 g/mol. The van der Waals surface area contributed by atoms with E-state index in [9.17, 15) is 33.6 Å². The van der Waals surface area contributed by atoms with Crippen molar-refractivity contribution in [2.24, 2.45) is 0 Å². The number of hydrogen-bond donors (Lipinski definition) is 4. The molecule has 0 aromatic carbocycles. The van der Waals surface area contributed by atoms with Crippen LogP contribution in [0.3, 0.4) is 0 Å². The summed E-state index contributed by atoms with van der Waals surface area (Å²) in [5.41, 5.74) is -1.22. The minimum Gasteiger partial charge on any atom is -0.481 e. The van der Waals surface area contributed by atoms with Gasteiger partial charge in [0.2, 0.25) is 5.91 Å². The summed E-state index contributed by atoms with van der Waals surface area (Å²) in [7, 11) is 0. The SMILES string of the molecule is CC(=O)NC(COCCC(=O)CCCOCCOCCOCCOCCOCCOCCOCCOCCOCCOCCOCCOCCC(=O)O)(COCCC(=O)CCCOCCOCCOCCOCCOCCOCCOCCOCCOCCOCCOCCOCCC(=O)O)COCCC(=O)CCCOCCOCCOCCOCCOCCOCCOCCOCCOCCOCCOCCOCCC(=O)O. The predicted molar refractivity (Wildman–Crippen MR) is 532 cm³/mol. The van der Waals surface area contributed by atoms with E-state index < -0.39 is 23.4 Å². The van der Waals surface area contributed by atoms with E-state index in [1.54, 1.807) is 0 Å². The van der Waals surface area contributed by atoms with Crippen LogP contribution >= 0.6 is 0 Å². The fourth-order valence-corrected chi connectivity index (χ4v) is 11.5. The third-order valence-electron chi connectivity index (χ3n) is 19.0. The molecule has 1 amide bonds. The van der Waals surface area contributed by atoms with Gasteiger partial charge in [-0.1, -0.05) is 0 Å². The summed E-state index contributed by atoms with van der Waals surface area (Å²) < 4.78 is 216. The van der Waals surface area contributed by atoms with Crippen molar-refractivity contribution in [1.82, 2.24) is 5.32 Å². The second kappa shape index (κ2) is 125. The van der Waals surface area contributed by atoms with Crippen molar-refractivity contribution >= 4 is 41.2 Å². The molecule has 0 unspecified atom stereocenters. The van der Waals surface area contributed by atoms with Gasteiger partial charge in [-0.3, -0.25) is 33.6 Å². The fraction of sp³-hybridized carbons (Fsp3) is 0.929. The number of carbonyl (C=O) groups is 7. The topological polar surface area (TPSA) is 552 Å². The Morgan fingerprint density at radius 3 is 0.349 bits per heavy atom. The Bertz CT molecular complexity index is 2510. The largest absolute Gasteiger partial charge is 0.481 e. The number of ketones is 3. The van der Waals surface area contributed by atoms with Crippen LogP contribution in [-0.2, 0) is 218 Å². The van der Waals surface area contributed by atoms with Gasteiger partial charge < -0.3 is 205 Å². The zero-order valence-corrected chi connectivity index (χ0v) is 89.3. The lowest BCUT2D eigenvalue weighted by Gasteiger charge is -2.34. The molecule has 0 atom stereocenters. The van der Waals surface area contributed by atoms with Gasteiger partial charge in [-0.05, 0) is 19.3 Å². The number of Topliss-reactive ketones (excluding diaryl/α,β-unsaturated/α-hetero) is 3. The molecule has 50 nitrogen and oxygen atoms in total. The second-order valence-electron chi connectivity index (χ2n) is 31.8. The predicted octanol–water partition coefficient (Wildman–Crippen LogP) is 2.15. The normalized spacial score (nSPS) is 11.8. The van der Waals surface area contributed by atoms with Gasteiger partial charge in [0.05, 0.1) is 515 Å². The number of aliphatic carboxylic acids is 3. The Morgan fingerprint density at radius 1 is 0.141 bits per heavy atom. The maximum atomic E-state index is 12.9. The van der Waals surface area contributed by atoms with E-state index >= 15 is 0 Å². The van der Waals surface area contributed by atoms with Gasteiger partial charge in [0.15, 0.2) is 0 Å². The Labute approximate surface area is 881 Å². The molecule has 882 valence electrons. The van der Waals surface area contributed by atoms with Crippen LogP contribution in [0, 0.1) is 0 Å². The van der Waals surface area contributed by atoms with E-state index in [1.165, 1.54) is 6.92 Å². The van der Waals surface area contributed by atoms with Gasteiger partial charge in [-0.15, -0.1) is 0 Å². The molecule has 0 saturated carbocycles. The van der Waals surface area contributed by atoms with Crippen LogP contribution in [0.25, 0.3) is 0 Å². The smallest absolute Gasteiger partial charge is 0.305 e. The summed E-state index contributed by atoms with van der Waals surface area (Å²) in [6.45, 7) is 30.2. The Morgan fingerprint density at radius 2 is 0.242 bits per heavy atom. The van der Waals surface area contributed by atoms with Crippen molar-refractivity contribution in [3.05, 3.63) is 0 Å². The molecule has 0 aliphatic rings. The first kappa shape index (κ1) is 144. The van der Waals surface area contributed by atoms with E-state index in [0.29, 0.717) is 475 Å². The third-order valence-corrected chi connectivity index (χ3v) is 19.0. The summed E-state index contributed by atoms with van der Waals surface area (Å²) in [6, 6.07) is 0. The summed E-state index contributed by atoms with van der Waals surface area (Å²) in [6.07, 6.45) is 2.59. The van der Waals surface area contributed by atoms with Crippen LogP contribution in [0.1, 0.15) is 84.0 Å². The molecule has 149 heavy (non-hydrogen) atoms. The molecule has 0 heterocycles. The first-order chi connectivity index (χ1) is 73.3. The van der Waals surface area contributed by atoms with Crippen LogP contribution in [0.2, 0.25) is 0 Å². The molecule has 0 aromatic heterocycles. The van der Waals surface area contributed by atoms with Crippen LogP contribution in [-0.4, -0.2) is 577 Å². The van der Waals surface area contributed by atoms with Crippen molar-refractivity contribution in [3.63, 3.8) is 0 Å². The molecule has 0 aliphatic heterocycles. The molecule has 0 radical (unpaired) electrons. The summed E-state index contributed by atoms with van der Waals surface area (Å²) >= 11 is 0. The molecule has 0 aliphatic carbocycles. The lowest BCUT2D eigenvalue weighted by molar-refractivity contribution is -0.139. The maximum Gasteiger partial charge on any atom is 0.305 e. The van der Waals surface area contributed by atoms with Gasteiger partial charge in [0, 0.05) is 65.3 Å². The van der Waals surface area contributed by atoms with Crippen molar-refractivity contribution < 1.29 is 234 Å². The van der Waals surface area contributed by atoms with Gasteiger partial charge in [-0.25, -0.2) is 0 Å². The quantitative estimate of drug-likeness (QED) is 0.0634. The first-order valence-corrected chi connectivity index (χ1v) is 52.4. The van der Waals surface area contributed by atoms with E-state index in [-0.39, 0.29) is 141 Å². The van der Waals surface area contributed by atoms with Gasteiger partial charge in [0.1, 0.15) is 22.9 Å². The van der Waals surface area contributed by atoms with E-state index in [2.05, 4.69) is 5.32 Å². The highest BCUT2D eigenvalue weighted by Crippen LogP contribution is 2.13. The van der Waals surface area contributed by atoms with Crippen LogP contribution in [0.5, 0.6) is 0 Å². The molecule has 0 fully saturated rings. The van der Waals surface area contributed by atoms with Crippen LogP contribution in [0.15, 0.2) is 0 Å². The van der Waals surface area contributed by atoms with Gasteiger partial charge in [0.25, 0.3) is 0 Å². The number of rotatable bonds is 136. The van der Waals surface area contributed by atoms with Gasteiger partial charge in [-0.2, -0.15) is 0 Å². The Hall–Kier alpha value is -4.67. The number of nitrogens with one attached hydrogen (secondary N) is 1. The van der Waals surface area contributed by atoms with Crippen molar-refractivity contribution in [1.29, 1.82) is 0 Å². The molecule has 0 saturated heterocycles. The van der Waals surface area contributed by atoms with Crippen LogP contribution < -0.4 is 5.32 Å². The zero-order valence-electron chi connectivity index (χ0n) is 89.3. The third kappa shape index (κ3) is 127. The Balaban J connectivity index is 4.41. The highest BCUT2D eigenvalue weighted by Gasteiger charge is 2.33. The summed E-state index contributed by atoms with van der Waals surface area (Å²) in [5.74, 6) is -3.15. The van der Waals surface area contributed by atoms with E-state index in [1.807, 2.05) is 0 Å². The zero-order chi connectivity index (χ0) is 107. The van der Waals surface area contributed by atoms with Crippen LogP contribution in [0.4, 0.5) is 0 Å². The Kier molecular flexibility index (Phi) is 121. The number of amides is 1. The molecule has 0 aromatic rings. The lowest BCUT2D eigenvalue weighted by atomic mass is 10.0. The molecular weight excluding hydrogens is 1990 g/mol. The monoisotopic (exact) mass is 2170 g/mol. The maximum absolute atomic E-state index is 12.9. The van der Waals surface area contributed by atoms with E-state index in [4.69, 9.17) is 200 Å². The minimum atomic E-state index is -1.22. The second-order valence-corrected chi connectivity index (χ2v) is 31.8. The average Bonchev–Trinajstić information content (AvgIpc) is 0.857. The summed E-state index contributed by atoms with van der Waals surface area (Å²) in [5, 5.41) is 28.6. The lowest BCUT2D eigenvalue weighted by Crippen LogP contribution is -2.58. The first-order valence-electron chi connectivity index (χ1n) is 52.4. The number of carbonyl (C=O) groups excluding carboxylic acids is 4. The highest BCUT2D eigenvalue weighted by molar-refractivity contribution is 5.79. The fourth-order valence-electron chi connectivity index (χ4n) is 11.5. The highest BCUT2D eigenvalue weighted by atomic mass is 16.6. The van der Waals surface area contributed by atoms with E-state index in [0.717, 1.165) is 0 Å². The van der Waals surface area contributed by atoms with Crippen molar-refractivity contribution in [3.8, 4) is 0 Å². The molecular formula is C99H187NO49. The number of carboxylic acids is 3. The molecule has 0 spiro atoms. The molecule has 0 rings (SSSR count). The van der Waals surface area contributed by atoms with Crippen molar-refractivity contribution in [2.45, 2.75) is 89.5 Å². The number of carboxylic acid groups (broad SMARTS) is 3. The standard InChI is InChI=1S/C99H187NO49/c1-92(101)100-99(89-147-17-8-93(102)5-2-14-111-23-29-117-35-41-123-47-53-129-59-65-135-71-77-141-83-86-144-80-74-138-68-62-132-56-50-126-44-38-120-32-26-114-20-11-96(105)106,90-148-18-9-94(103)6-3-15-112-24-30-118-36-42-124-48-54-130-60-66-136-72-78-142-84-87-145-81-75-139-69-63-133-57-51-127-45-39-121-33-27-115-21-12-97(107)108)91-149-19-10-95(104)7-4-16-113-25-31-119-37-43-125-49-55-131-61-67-137-73-79-143-85-88-146-82-76-140-70-64-134-58-52-128-46-40-122-34-28-116-22-13-98(109)110/h2-91H2,1H3,(H,100,101)(H,105,106)(H,107,108)(H,109,110). The molecule has 50 heteroatoms. The number of hydrogen-bond acceptors (Lipinski definition) is 46. The minimum absolute atomic E-state index is 0.0270. The van der Waals surface area contributed by atoms with Gasteiger partial charge >= 0.3 is 17.9 Å². The van der Waals surface area contributed by atoms with Crippen molar-refractivity contribution in [2.75, 3.05) is 515 Å². The molecule has 4 N–H and O–H groups in total. The molecule has 0 bridgehead atoms. The number of ether oxygens (including phenoxy) is 39.